The third-order valence-electron chi connectivity index (χ3n) is 4.87. The second-order valence-electron chi connectivity index (χ2n) is 6.52. The van der Waals surface area contributed by atoms with Gasteiger partial charge in [0, 0.05) is 37.7 Å². The van der Waals surface area contributed by atoms with Crippen LogP contribution < -0.4 is 5.32 Å². The molecule has 27 heavy (non-hydrogen) atoms. The first-order valence-corrected chi connectivity index (χ1v) is 9.34. The molecule has 3 amide bonds. The van der Waals surface area contributed by atoms with E-state index in [1.807, 2.05) is 19.9 Å². The fourth-order valence-electron chi connectivity index (χ4n) is 3.40. The molecule has 0 spiro atoms. The van der Waals surface area contributed by atoms with Crippen molar-refractivity contribution >= 4 is 17.7 Å². The zero-order valence-electron chi connectivity index (χ0n) is 16.1. The number of nitriles is 1. The summed E-state index contributed by atoms with van der Waals surface area (Å²) < 4.78 is 0. The molecule has 0 aliphatic carbocycles. The molecular weight excluding hydrogens is 344 g/mol. The van der Waals surface area contributed by atoms with Gasteiger partial charge in [-0.15, -0.1) is 0 Å². The Bertz CT molecular complexity index is 752. The van der Waals surface area contributed by atoms with E-state index in [9.17, 15) is 14.4 Å². The van der Waals surface area contributed by atoms with Crippen molar-refractivity contribution in [3.8, 4) is 6.07 Å². The Labute approximate surface area is 159 Å². The van der Waals surface area contributed by atoms with Crippen LogP contribution in [-0.4, -0.2) is 59.2 Å². The van der Waals surface area contributed by atoms with E-state index >= 15 is 0 Å². The van der Waals surface area contributed by atoms with E-state index in [1.54, 1.807) is 34.9 Å². The van der Waals surface area contributed by atoms with Crippen LogP contribution in [0.15, 0.2) is 24.3 Å². The molecule has 1 heterocycles. The molecule has 1 N–H and O–H groups in total. The maximum Gasteiger partial charge on any atom is 0.251 e. The molecule has 0 unspecified atom stereocenters. The molecular formula is C20H26N4O3. The molecule has 2 rings (SSSR count). The van der Waals surface area contributed by atoms with E-state index in [0.29, 0.717) is 43.6 Å². The minimum absolute atomic E-state index is 0.0787. The van der Waals surface area contributed by atoms with Gasteiger partial charge in [-0.1, -0.05) is 13.0 Å². The Morgan fingerprint density at radius 1 is 1.26 bits per heavy atom. The van der Waals surface area contributed by atoms with E-state index in [0.717, 1.165) is 0 Å². The number of likely N-dealkylation sites (N-methyl/N-ethyl adjacent to an activating group) is 1. The molecule has 0 radical (unpaired) electrons. The molecule has 0 saturated carbocycles. The van der Waals surface area contributed by atoms with Gasteiger partial charge in [0.05, 0.1) is 11.6 Å². The van der Waals surface area contributed by atoms with Gasteiger partial charge in [0.25, 0.3) is 5.91 Å². The van der Waals surface area contributed by atoms with Crippen molar-refractivity contribution in [3.63, 3.8) is 0 Å². The first-order chi connectivity index (χ1) is 12.9. The van der Waals surface area contributed by atoms with Gasteiger partial charge in [-0.05, 0) is 38.5 Å². The Morgan fingerprint density at radius 3 is 2.56 bits per heavy atom. The van der Waals surface area contributed by atoms with Crippen molar-refractivity contribution in [1.82, 2.24) is 15.1 Å². The third kappa shape index (κ3) is 4.64. The van der Waals surface area contributed by atoms with Crippen molar-refractivity contribution in [2.24, 2.45) is 0 Å². The smallest absolute Gasteiger partial charge is 0.251 e. The van der Waals surface area contributed by atoms with Crippen LogP contribution in [0.4, 0.5) is 0 Å². The summed E-state index contributed by atoms with van der Waals surface area (Å²) in [6.07, 6.45) is 0.706. The molecule has 144 valence electrons. The van der Waals surface area contributed by atoms with E-state index in [-0.39, 0.29) is 23.8 Å². The average Bonchev–Trinajstić information content (AvgIpc) is 3.11. The van der Waals surface area contributed by atoms with E-state index in [4.69, 9.17) is 5.26 Å². The lowest BCUT2D eigenvalue weighted by Gasteiger charge is -2.28. The number of carbonyl (C=O) groups excluding carboxylic acids is 3. The zero-order valence-corrected chi connectivity index (χ0v) is 16.1. The van der Waals surface area contributed by atoms with Gasteiger partial charge < -0.3 is 15.1 Å². The van der Waals surface area contributed by atoms with Crippen LogP contribution in [0.5, 0.6) is 0 Å². The van der Waals surface area contributed by atoms with E-state index < -0.39 is 6.04 Å². The largest absolute Gasteiger partial charge is 0.347 e. The number of hydrogen-bond acceptors (Lipinski definition) is 4. The van der Waals surface area contributed by atoms with Crippen LogP contribution in [0.3, 0.4) is 0 Å². The number of nitrogens with zero attached hydrogens (tertiary/aromatic N) is 3. The number of hydrogen-bond donors (Lipinski definition) is 1. The normalized spacial score (nSPS) is 18.7. The van der Waals surface area contributed by atoms with Crippen LogP contribution in [0.25, 0.3) is 0 Å². The first-order valence-electron chi connectivity index (χ1n) is 9.34. The van der Waals surface area contributed by atoms with Crippen molar-refractivity contribution in [2.75, 3.05) is 19.6 Å². The second kappa shape index (κ2) is 9.17. The van der Waals surface area contributed by atoms with Gasteiger partial charge in [-0.3, -0.25) is 14.4 Å². The Morgan fingerprint density at radius 2 is 1.96 bits per heavy atom. The summed E-state index contributed by atoms with van der Waals surface area (Å²) in [5.74, 6) is -0.481. The van der Waals surface area contributed by atoms with Gasteiger partial charge in [-0.2, -0.15) is 5.26 Å². The van der Waals surface area contributed by atoms with Crippen LogP contribution >= 0.6 is 0 Å². The molecule has 0 aromatic heterocycles. The zero-order chi connectivity index (χ0) is 20.0. The lowest BCUT2D eigenvalue weighted by atomic mass is 10.1. The summed E-state index contributed by atoms with van der Waals surface area (Å²) in [5, 5.41) is 11.9. The Balaban J connectivity index is 2.14. The minimum atomic E-state index is -0.548. The fourth-order valence-corrected chi connectivity index (χ4v) is 3.40. The number of nitrogens with one attached hydrogen (secondary N) is 1. The standard InChI is InChI=1S/C20H26N4O3/c1-4-18(25)24-13-16(11-17(24)20(27)23(5-2)6-3)22-19(26)15-9-7-8-14(10-15)12-21/h7-10,16-17H,4-6,11,13H2,1-3H3,(H,22,26)/t16-,17+/m1/s1. The predicted octanol–water partition coefficient (Wildman–Crippen LogP) is 1.54. The van der Waals surface area contributed by atoms with Gasteiger partial charge in [0.1, 0.15) is 6.04 Å². The summed E-state index contributed by atoms with van der Waals surface area (Å²) in [4.78, 5) is 40.9. The number of rotatable bonds is 6. The second-order valence-corrected chi connectivity index (χ2v) is 6.52. The van der Waals surface area contributed by atoms with Crippen molar-refractivity contribution in [1.29, 1.82) is 5.26 Å². The summed E-state index contributed by atoms with van der Waals surface area (Å²) in [6, 6.07) is 7.61. The topological polar surface area (TPSA) is 93.5 Å². The Kier molecular flexibility index (Phi) is 6.94. The van der Waals surface area contributed by atoms with Crippen molar-refractivity contribution in [3.05, 3.63) is 35.4 Å². The van der Waals surface area contributed by atoms with E-state index in [1.165, 1.54) is 6.07 Å². The molecule has 1 fully saturated rings. The van der Waals surface area contributed by atoms with Crippen molar-refractivity contribution < 1.29 is 14.4 Å². The number of likely N-dealkylation sites (tertiary alicyclic amines) is 1. The van der Waals surface area contributed by atoms with Crippen LogP contribution in [0, 0.1) is 11.3 Å². The highest BCUT2D eigenvalue weighted by Crippen LogP contribution is 2.22. The fraction of sp³-hybridized carbons (Fsp3) is 0.500. The summed E-state index contributed by atoms with van der Waals surface area (Å²) in [6.45, 7) is 7.05. The molecule has 1 aromatic rings. The minimum Gasteiger partial charge on any atom is -0.347 e. The quantitative estimate of drug-likeness (QED) is 0.822. The van der Waals surface area contributed by atoms with Crippen LogP contribution in [0.1, 0.15) is 49.5 Å². The summed E-state index contributed by atoms with van der Waals surface area (Å²) >= 11 is 0. The number of benzene rings is 1. The third-order valence-corrected chi connectivity index (χ3v) is 4.87. The lowest BCUT2D eigenvalue weighted by molar-refractivity contribution is -0.143. The molecule has 1 aromatic carbocycles. The number of amides is 3. The highest BCUT2D eigenvalue weighted by Gasteiger charge is 2.40. The predicted molar refractivity (Wildman–Crippen MR) is 101 cm³/mol. The summed E-state index contributed by atoms with van der Waals surface area (Å²) in [5.41, 5.74) is 0.799. The molecule has 2 atom stereocenters. The SMILES string of the molecule is CCC(=O)N1C[C@H](NC(=O)c2cccc(C#N)c2)C[C@H]1C(=O)N(CC)CC. The molecule has 1 aliphatic heterocycles. The monoisotopic (exact) mass is 370 g/mol. The van der Waals surface area contributed by atoms with Gasteiger partial charge in [0.15, 0.2) is 0 Å². The van der Waals surface area contributed by atoms with Gasteiger partial charge >= 0.3 is 0 Å². The van der Waals surface area contributed by atoms with Crippen LogP contribution in [-0.2, 0) is 9.59 Å². The van der Waals surface area contributed by atoms with Crippen molar-refractivity contribution in [2.45, 2.75) is 45.7 Å². The van der Waals surface area contributed by atoms with E-state index in [2.05, 4.69) is 5.32 Å². The van der Waals surface area contributed by atoms with Crippen LogP contribution in [0.2, 0.25) is 0 Å². The van der Waals surface area contributed by atoms with Gasteiger partial charge in [-0.25, -0.2) is 0 Å². The first kappa shape index (κ1) is 20.4. The highest BCUT2D eigenvalue weighted by atomic mass is 16.2. The molecule has 0 bridgehead atoms. The Hall–Kier alpha value is -2.88. The maximum absolute atomic E-state index is 12.8. The maximum atomic E-state index is 12.8. The average molecular weight is 370 g/mol. The molecule has 7 heteroatoms. The number of carbonyl (C=O) groups is 3. The lowest BCUT2D eigenvalue weighted by Crippen LogP contribution is -2.47. The summed E-state index contributed by atoms with van der Waals surface area (Å²) in [7, 11) is 0. The van der Waals surface area contributed by atoms with Gasteiger partial charge in [0.2, 0.25) is 11.8 Å². The molecule has 1 saturated heterocycles. The highest BCUT2D eigenvalue weighted by molar-refractivity contribution is 5.95. The molecule has 1 aliphatic rings. The molecule has 7 nitrogen and oxygen atoms in total.